The SMILES string of the molecule is COC(=O)c1ccc(O)c(-c2cc([C@@H]3Oc4cc(O)cc(O)c4C(=O)[C@H]3O)ccc2O)c1. The Morgan fingerprint density at radius 2 is 1.56 bits per heavy atom. The maximum Gasteiger partial charge on any atom is 0.337 e. The van der Waals surface area contributed by atoms with Gasteiger partial charge in [-0.25, -0.2) is 4.79 Å². The number of aromatic hydroxyl groups is 4. The van der Waals surface area contributed by atoms with Gasteiger partial charge in [0.1, 0.15) is 34.3 Å². The van der Waals surface area contributed by atoms with E-state index in [1.165, 1.54) is 43.5 Å². The van der Waals surface area contributed by atoms with Crippen LogP contribution in [-0.2, 0) is 4.74 Å². The number of esters is 1. The zero-order valence-corrected chi connectivity index (χ0v) is 16.6. The first-order valence-corrected chi connectivity index (χ1v) is 9.40. The summed E-state index contributed by atoms with van der Waals surface area (Å²) in [6.07, 6.45) is -2.92. The van der Waals surface area contributed by atoms with Crippen molar-refractivity contribution in [2.24, 2.45) is 0 Å². The average Bonchev–Trinajstić information content (AvgIpc) is 2.76. The molecule has 0 saturated carbocycles. The quantitative estimate of drug-likeness (QED) is 0.388. The van der Waals surface area contributed by atoms with Gasteiger partial charge in [-0.3, -0.25) is 4.79 Å². The van der Waals surface area contributed by atoms with Gasteiger partial charge in [-0.1, -0.05) is 6.07 Å². The van der Waals surface area contributed by atoms with Crippen LogP contribution < -0.4 is 4.74 Å². The van der Waals surface area contributed by atoms with Gasteiger partial charge in [-0.2, -0.15) is 0 Å². The molecule has 0 bridgehead atoms. The first-order valence-electron chi connectivity index (χ1n) is 9.40. The lowest BCUT2D eigenvalue weighted by atomic mass is 9.90. The minimum Gasteiger partial charge on any atom is -0.508 e. The van der Waals surface area contributed by atoms with E-state index in [0.717, 1.165) is 12.1 Å². The third-order valence-corrected chi connectivity index (χ3v) is 5.18. The van der Waals surface area contributed by atoms with Crippen LogP contribution in [0.3, 0.4) is 0 Å². The van der Waals surface area contributed by atoms with E-state index >= 15 is 0 Å². The predicted octanol–water partition coefficient (Wildman–Crippen LogP) is 2.64. The highest BCUT2D eigenvalue weighted by atomic mass is 16.5. The zero-order valence-electron chi connectivity index (χ0n) is 16.6. The lowest BCUT2D eigenvalue weighted by Gasteiger charge is -2.30. The number of phenols is 4. The van der Waals surface area contributed by atoms with Gasteiger partial charge in [0, 0.05) is 23.3 Å². The summed E-state index contributed by atoms with van der Waals surface area (Å²) in [6, 6.07) is 10.1. The fourth-order valence-electron chi connectivity index (χ4n) is 3.61. The number of aliphatic hydroxyl groups excluding tert-OH is 1. The van der Waals surface area contributed by atoms with Crippen LogP contribution in [0.2, 0.25) is 0 Å². The predicted molar refractivity (Wildman–Crippen MR) is 110 cm³/mol. The molecule has 0 radical (unpaired) electrons. The van der Waals surface area contributed by atoms with Crippen LogP contribution in [0.4, 0.5) is 0 Å². The number of carbonyl (C=O) groups excluding carboxylic acids is 2. The summed E-state index contributed by atoms with van der Waals surface area (Å²) in [5.41, 5.74) is 0.358. The van der Waals surface area contributed by atoms with Gasteiger partial charge in [0.15, 0.2) is 12.2 Å². The lowest BCUT2D eigenvalue weighted by Crippen LogP contribution is -2.36. The standard InChI is InChI=1S/C23H18O9/c1-31-23(30)11-3-5-16(26)14(7-11)13-6-10(2-4-15(13)25)22-21(29)20(28)19-17(27)8-12(24)9-18(19)32-22/h2-9,21-22,24-27,29H,1H3/t21-,22+/m1/s1. The average molecular weight is 438 g/mol. The zero-order chi connectivity index (χ0) is 23.2. The summed E-state index contributed by atoms with van der Waals surface area (Å²) in [5, 5.41) is 50.9. The van der Waals surface area contributed by atoms with E-state index in [-0.39, 0.29) is 50.8 Å². The molecule has 9 nitrogen and oxygen atoms in total. The molecular weight excluding hydrogens is 420 g/mol. The third kappa shape index (κ3) is 3.44. The monoisotopic (exact) mass is 438 g/mol. The molecule has 4 rings (SSSR count). The number of phenolic OH excluding ortho intramolecular Hbond substituents is 4. The van der Waals surface area contributed by atoms with Gasteiger partial charge in [0.05, 0.1) is 12.7 Å². The van der Waals surface area contributed by atoms with Gasteiger partial charge in [0.2, 0.25) is 5.78 Å². The Labute approximate surface area is 181 Å². The molecule has 0 unspecified atom stereocenters. The van der Waals surface area contributed by atoms with E-state index in [4.69, 9.17) is 4.74 Å². The summed E-state index contributed by atoms with van der Waals surface area (Å²) < 4.78 is 10.4. The molecule has 0 aliphatic carbocycles. The molecule has 3 aromatic carbocycles. The number of fused-ring (bicyclic) bond motifs is 1. The molecule has 164 valence electrons. The summed E-state index contributed by atoms with van der Waals surface area (Å²) in [6.45, 7) is 0. The number of hydrogen-bond acceptors (Lipinski definition) is 9. The van der Waals surface area contributed by atoms with Crippen LogP contribution in [0.1, 0.15) is 32.4 Å². The van der Waals surface area contributed by atoms with Crippen molar-refractivity contribution in [3.63, 3.8) is 0 Å². The molecule has 0 aromatic heterocycles. The Morgan fingerprint density at radius 3 is 2.25 bits per heavy atom. The largest absolute Gasteiger partial charge is 0.508 e. The Balaban J connectivity index is 1.80. The fourth-order valence-corrected chi connectivity index (χ4v) is 3.61. The van der Waals surface area contributed by atoms with E-state index in [0.29, 0.717) is 0 Å². The van der Waals surface area contributed by atoms with Crippen LogP contribution in [0, 0.1) is 0 Å². The molecule has 0 saturated heterocycles. The number of ether oxygens (including phenoxy) is 2. The second-order valence-electron chi connectivity index (χ2n) is 7.19. The smallest absolute Gasteiger partial charge is 0.337 e. The van der Waals surface area contributed by atoms with Gasteiger partial charge < -0.3 is 35.0 Å². The minimum atomic E-state index is -1.69. The fraction of sp³-hybridized carbons (Fsp3) is 0.130. The lowest BCUT2D eigenvalue weighted by molar-refractivity contribution is 0.0211. The Morgan fingerprint density at radius 1 is 0.906 bits per heavy atom. The van der Waals surface area contributed by atoms with Crippen LogP contribution in [0.5, 0.6) is 28.7 Å². The number of ketones is 1. The van der Waals surface area contributed by atoms with E-state index in [1.807, 2.05) is 0 Å². The number of carbonyl (C=O) groups is 2. The van der Waals surface area contributed by atoms with Crippen molar-refractivity contribution in [3.8, 4) is 39.9 Å². The molecule has 1 heterocycles. The van der Waals surface area contributed by atoms with Gasteiger partial charge in [-0.05, 0) is 35.9 Å². The number of aliphatic hydroxyl groups is 1. The number of hydrogen-bond donors (Lipinski definition) is 5. The van der Waals surface area contributed by atoms with E-state index < -0.39 is 29.7 Å². The molecule has 3 aromatic rings. The van der Waals surface area contributed by atoms with Gasteiger partial charge in [0.25, 0.3) is 0 Å². The second-order valence-corrected chi connectivity index (χ2v) is 7.19. The molecule has 32 heavy (non-hydrogen) atoms. The Bertz CT molecular complexity index is 1250. The maximum atomic E-state index is 12.6. The second kappa shape index (κ2) is 7.78. The number of rotatable bonds is 3. The molecule has 0 amide bonds. The van der Waals surface area contributed by atoms with Crippen molar-refractivity contribution in [1.29, 1.82) is 0 Å². The molecule has 1 aliphatic heterocycles. The van der Waals surface area contributed by atoms with Crippen molar-refractivity contribution in [2.45, 2.75) is 12.2 Å². The van der Waals surface area contributed by atoms with Crippen molar-refractivity contribution in [1.82, 2.24) is 0 Å². The Kier molecular flexibility index (Phi) is 5.11. The van der Waals surface area contributed by atoms with Gasteiger partial charge >= 0.3 is 5.97 Å². The Hall–Kier alpha value is -4.24. The third-order valence-electron chi connectivity index (χ3n) is 5.18. The molecule has 2 atom stereocenters. The maximum absolute atomic E-state index is 12.6. The highest BCUT2D eigenvalue weighted by molar-refractivity contribution is 6.05. The summed E-state index contributed by atoms with van der Waals surface area (Å²) in [4.78, 5) is 24.5. The number of methoxy groups -OCH3 is 1. The molecule has 0 fully saturated rings. The minimum absolute atomic E-state index is 0.110. The van der Waals surface area contributed by atoms with Crippen LogP contribution in [0.25, 0.3) is 11.1 Å². The highest BCUT2D eigenvalue weighted by Gasteiger charge is 2.39. The molecule has 1 aliphatic rings. The van der Waals surface area contributed by atoms with E-state index in [2.05, 4.69) is 4.74 Å². The summed E-state index contributed by atoms with van der Waals surface area (Å²) in [5.74, 6) is -2.90. The first kappa shape index (κ1) is 21.0. The van der Waals surface area contributed by atoms with Crippen LogP contribution in [-0.4, -0.2) is 50.5 Å². The van der Waals surface area contributed by atoms with Crippen molar-refractivity contribution >= 4 is 11.8 Å². The number of benzene rings is 3. The molecule has 9 heteroatoms. The topological polar surface area (TPSA) is 154 Å². The summed E-state index contributed by atoms with van der Waals surface area (Å²) in [7, 11) is 1.21. The highest BCUT2D eigenvalue weighted by Crippen LogP contribution is 2.44. The van der Waals surface area contributed by atoms with Crippen molar-refractivity contribution in [3.05, 3.63) is 65.2 Å². The first-order chi connectivity index (χ1) is 15.2. The van der Waals surface area contributed by atoms with Gasteiger partial charge in [-0.15, -0.1) is 0 Å². The molecule has 5 N–H and O–H groups in total. The molecular formula is C23H18O9. The van der Waals surface area contributed by atoms with Crippen LogP contribution >= 0.6 is 0 Å². The van der Waals surface area contributed by atoms with Crippen LogP contribution in [0.15, 0.2) is 48.5 Å². The number of Topliss-reactive ketones (excluding diaryl/α,β-unsaturated/α-hetero) is 1. The summed E-state index contributed by atoms with van der Waals surface area (Å²) >= 11 is 0. The van der Waals surface area contributed by atoms with E-state index in [1.54, 1.807) is 0 Å². The van der Waals surface area contributed by atoms with Crippen molar-refractivity contribution < 1.29 is 44.6 Å². The van der Waals surface area contributed by atoms with E-state index in [9.17, 15) is 35.1 Å². The van der Waals surface area contributed by atoms with Crippen molar-refractivity contribution in [2.75, 3.05) is 7.11 Å². The molecule has 0 spiro atoms. The normalized spacial score (nSPS) is 17.4.